The average Bonchev–Trinajstić information content (AvgIpc) is 3.34. The molecule has 0 spiro atoms. The monoisotopic (exact) mass is 411 g/mol. The quantitative estimate of drug-likeness (QED) is 0.717. The first kappa shape index (κ1) is 17.7. The molecule has 5 nitrogen and oxygen atoms in total. The molecule has 1 saturated heterocycles. The Bertz CT molecular complexity index is 1090. The van der Waals surface area contributed by atoms with Gasteiger partial charge in [0.05, 0.1) is 11.9 Å². The molecule has 1 N–H and O–H groups in total. The summed E-state index contributed by atoms with van der Waals surface area (Å²) in [4.78, 5) is 7.30. The molecule has 1 aromatic carbocycles. The lowest BCUT2D eigenvalue weighted by Gasteiger charge is -2.42. The molecule has 2 aromatic heterocycles. The topological polar surface area (TPSA) is 45.5 Å². The van der Waals surface area contributed by atoms with Gasteiger partial charge in [0.25, 0.3) is 0 Å². The number of aromatic nitrogens is 3. The third-order valence-electron chi connectivity index (χ3n) is 6.80. The van der Waals surface area contributed by atoms with E-state index in [2.05, 4.69) is 15.3 Å². The standard InChI is InChI=1S/C22H23ClFN5/c23-14-1-2-15(19(24)9-14)18-10-17(18)13-11-28(12-13)22-16-3-6-25-7-4-20(16)27-21-5-8-26-29(21)22/h1-2,5,8-9,13,17-18,25H,3-4,6-7,10-12H2. The van der Waals surface area contributed by atoms with E-state index < -0.39 is 0 Å². The van der Waals surface area contributed by atoms with Crippen molar-refractivity contribution in [2.45, 2.75) is 25.2 Å². The summed E-state index contributed by atoms with van der Waals surface area (Å²) in [6.07, 6.45) is 4.85. The highest BCUT2D eigenvalue weighted by Crippen LogP contribution is 2.55. The minimum absolute atomic E-state index is 0.161. The van der Waals surface area contributed by atoms with Crippen LogP contribution in [0.5, 0.6) is 0 Å². The van der Waals surface area contributed by atoms with Crippen LogP contribution in [0.3, 0.4) is 0 Å². The predicted octanol–water partition coefficient (Wildman–Crippen LogP) is 3.45. The molecule has 2 aliphatic heterocycles. The van der Waals surface area contributed by atoms with Crippen molar-refractivity contribution in [1.82, 2.24) is 19.9 Å². The van der Waals surface area contributed by atoms with Crippen LogP contribution in [0.15, 0.2) is 30.5 Å². The van der Waals surface area contributed by atoms with E-state index in [0.29, 0.717) is 22.8 Å². The zero-order chi connectivity index (χ0) is 19.5. The number of rotatable bonds is 3. The molecular formula is C22H23ClFN5. The lowest BCUT2D eigenvalue weighted by Crippen LogP contribution is -2.49. The zero-order valence-electron chi connectivity index (χ0n) is 16.1. The Morgan fingerprint density at radius 2 is 2.00 bits per heavy atom. The van der Waals surface area contributed by atoms with Crippen molar-refractivity contribution >= 4 is 23.1 Å². The number of nitrogens with zero attached hydrogens (tertiary/aromatic N) is 4. The van der Waals surface area contributed by atoms with E-state index in [9.17, 15) is 4.39 Å². The van der Waals surface area contributed by atoms with Crippen LogP contribution in [0, 0.1) is 17.7 Å². The van der Waals surface area contributed by atoms with Crippen LogP contribution in [0.2, 0.25) is 5.02 Å². The van der Waals surface area contributed by atoms with Crippen LogP contribution >= 0.6 is 11.6 Å². The maximum Gasteiger partial charge on any atom is 0.157 e. The third kappa shape index (κ3) is 2.92. The fourth-order valence-electron chi connectivity index (χ4n) is 5.19. The Morgan fingerprint density at radius 3 is 2.86 bits per heavy atom. The predicted molar refractivity (Wildman–Crippen MR) is 111 cm³/mol. The molecule has 4 heterocycles. The van der Waals surface area contributed by atoms with E-state index in [1.807, 2.05) is 22.8 Å². The van der Waals surface area contributed by atoms with Crippen LogP contribution in [0.1, 0.15) is 29.2 Å². The van der Waals surface area contributed by atoms with Gasteiger partial charge in [0, 0.05) is 42.7 Å². The van der Waals surface area contributed by atoms with Gasteiger partial charge in [-0.2, -0.15) is 9.61 Å². The molecule has 1 aliphatic carbocycles. The second-order valence-electron chi connectivity index (χ2n) is 8.55. The Hall–Kier alpha value is -2.18. The fraction of sp³-hybridized carbons (Fsp3) is 0.455. The molecule has 1 saturated carbocycles. The van der Waals surface area contributed by atoms with E-state index in [1.165, 1.54) is 23.1 Å². The molecule has 29 heavy (non-hydrogen) atoms. The minimum Gasteiger partial charge on any atom is -0.356 e. The number of hydrogen-bond donors (Lipinski definition) is 1. The molecule has 2 fully saturated rings. The van der Waals surface area contributed by atoms with Gasteiger partial charge in [-0.1, -0.05) is 17.7 Å². The molecule has 7 heteroatoms. The molecule has 0 bridgehead atoms. The summed E-state index contributed by atoms with van der Waals surface area (Å²) >= 11 is 5.91. The first-order valence-corrected chi connectivity index (χ1v) is 10.8. The van der Waals surface area contributed by atoms with Gasteiger partial charge in [-0.15, -0.1) is 0 Å². The molecule has 3 aromatic rings. The van der Waals surface area contributed by atoms with E-state index in [0.717, 1.165) is 56.7 Å². The molecular weight excluding hydrogens is 389 g/mol. The van der Waals surface area contributed by atoms with Gasteiger partial charge >= 0.3 is 0 Å². The van der Waals surface area contributed by atoms with Crippen LogP contribution < -0.4 is 10.2 Å². The molecule has 0 amide bonds. The van der Waals surface area contributed by atoms with Gasteiger partial charge in [-0.05, 0) is 54.8 Å². The summed E-state index contributed by atoms with van der Waals surface area (Å²) in [5, 5.41) is 8.51. The van der Waals surface area contributed by atoms with Crippen LogP contribution in [-0.4, -0.2) is 40.8 Å². The molecule has 2 atom stereocenters. The number of fused-ring (bicyclic) bond motifs is 2. The van der Waals surface area contributed by atoms with E-state index in [4.69, 9.17) is 16.6 Å². The van der Waals surface area contributed by atoms with Gasteiger partial charge < -0.3 is 10.2 Å². The van der Waals surface area contributed by atoms with Crippen LogP contribution in [-0.2, 0) is 12.8 Å². The lowest BCUT2D eigenvalue weighted by molar-refractivity contribution is 0.352. The molecule has 0 radical (unpaired) electrons. The van der Waals surface area contributed by atoms with Crippen molar-refractivity contribution in [2.75, 3.05) is 31.1 Å². The number of nitrogens with one attached hydrogen (secondary N) is 1. The number of anilines is 1. The zero-order valence-corrected chi connectivity index (χ0v) is 16.9. The van der Waals surface area contributed by atoms with E-state index >= 15 is 0 Å². The number of halogens is 2. The summed E-state index contributed by atoms with van der Waals surface area (Å²) in [5.74, 6) is 2.56. The first-order valence-electron chi connectivity index (χ1n) is 10.4. The minimum atomic E-state index is -0.161. The summed E-state index contributed by atoms with van der Waals surface area (Å²) in [6, 6.07) is 7.09. The van der Waals surface area contributed by atoms with E-state index in [-0.39, 0.29) is 5.82 Å². The van der Waals surface area contributed by atoms with Crippen molar-refractivity contribution < 1.29 is 4.39 Å². The second-order valence-corrected chi connectivity index (χ2v) is 8.99. The van der Waals surface area contributed by atoms with Crippen LogP contribution in [0.4, 0.5) is 10.2 Å². The van der Waals surface area contributed by atoms with Crippen molar-refractivity contribution in [1.29, 1.82) is 0 Å². The van der Waals surface area contributed by atoms with Gasteiger partial charge in [-0.25, -0.2) is 9.37 Å². The average molecular weight is 412 g/mol. The Labute approximate surface area is 173 Å². The van der Waals surface area contributed by atoms with Crippen molar-refractivity contribution in [2.24, 2.45) is 11.8 Å². The van der Waals surface area contributed by atoms with Crippen molar-refractivity contribution in [3.63, 3.8) is 0 Å². The number of hydrogen-bond acceptors (Lipinski definition) is 4. The Morgan fingerprint density at radius 1 is 1.14 bits per heavy atom. The van der Waals surface area contributed by atoms with Gasteiger partial charge in [0.2, 0.25) is 0 Å². The molecule has 2 unspecified atom stereocenters. The summed E-state index contributed by atoms with van der Waals surface area (Å²) in [5.41, 5.74) is 4.29. The third-order valence-corrected chi connectivity index (χ3v) is 7.03. The van der Waals surface area contributed by atoms with Gasteiger partial charge in [0.1, 0.15) is 11.6 Å². The van der Waals surface area contributed by atoms with Crippen LogP contribution in [0.25, 0.3) is 5.65 Å². The summed E-state index contributed by atoms with van der Waals surface area (Å²) in [6.45, 7) is 3.97. The molecule has 6 rings (SSSR count). The number of benzene rings is 1. The Kier molecular flexibility index (Phi) is 4.06. The highest BCUT2D eigenvalue weighted by molar-refractivity contribution is 6.30. The van der Waals surface area contributed by atoms with Crippen molar-refractivity contribution in [3.05, 3.63) is 58.1 Å². The van der Waals surface area contributed by atoms with Gasteiger partial charge in [0.15, 0.2) is 5.65 Å². The van der Waals surface area contributed by atoms with Gasteiger partial charge in [-0.3, -0.25) is 0 Å². The molecule has 3 aliphatic rings. The lowest BCUT2D eigenvalue weighted by atomic mass is 9.91. The smallest absolute Gasteiger partial charge is 0.157 e. The largest absolute Gasteiger partial charge is 0.356 e. The highest BCUT2D eigenvalue weighted by Gasteiger charge is 2.49. The summed E-state index contributed by atoms with van der Waals surface area (Å²) < 4.78 is 16.3. The van der Waals surface area contributed by atoms with Crippen molar-refractivity contribution in [3.8, 4) is 0 Å². The first-order chi connectivity index (χ1) is 14.2. The maximum atomic E-state index is 14.3. The normalized spacial score (nSPS) is 24.3. The SMILES string of the molecule is Fc1cc(Cl)ccc1C1CC1C1CN(c2c3c(nc4ccnn24)CCNCC3)C1. The second kappa shape index (κ2) is 6.67. The summed E-state index contributed by atoms with van der Waals surface area (Å²) in [7, 11) is 0. The fourth-order valence-corrected chi connectivity index (χ4v) is 5.35. The Balaban J connectivity index is 1.24. The molecule has 150 valence electrons. The highest BCUT2D eigenvalue weighted by atomic mass is 35.5. The maximum absolute atomic E-state index is 14.3. The van der Waals surface area contributed by atoms with E-state index in [1.54, 1.807) is 6.07 Å².